The topological polar surface area (TPSA) is 46.9 Å². The van der Waals surface area contributed by atoms with Crippen molar-refractivity contribution in [3.05, 3.63) is 45.7 Å². The summed E-state index contributed by atoms with van der Waals surface area (Å²) in [5, 5.41) is 6.36. The van der Waals surface area contributed by atoms with Crippen LogP contribution in [0.15, 0.2) is 6.07 Å². The summed E-state index contributed by atoms with van der Waals surface area (Å²) in [4.78, 5) is 12.4. The fraction of sp³-hybridized carbons (Fsp3) is 0.333. The van der Waals surface area contributed by atoms with Crippen LogP contribution in [0.3, 0.4) is 0 Å². The van der Waals surface area contributed by atoms with Gasteiger partial charge in [0.1, 0.15) is 11.7 Å². The van der Waals surface area contributed by atoms with Crippen molar-refractivity contribution in [2.45, 2.75) is 33.2 Å². The monoisotopic (exact) mass is 363 g/mol. The highest BCUT2D eigenvalue weighted by Crippen LogP contribution is 2.27. The second-order valence-electron chi connectivity index (χ2n) is 5.19. The third-order valence-electron chi connectivity index (χ3n) is 3.58. The highest BCUT2D eigenvalue weighted by Gasteiger charge is 2.27. The molecule has 24 heavy (non-hydrogen) atoms. The predicted octanol–water partition coefficient (Wildman–Crippen LogP) is 4.30. The first-order chi connectivity index (χ1) is 11.2. The first-order valence-corrected chi connectivity index (χ1v) is 7.41. The van der Waals surface area contributed by atoms with Crippen LogP contribution in [0.2, 0.25) is 5.02 Å². The Hall–Kier alpha value is -2.09. The van der Waals surface area contributed by atoms with Gasteiger partial charge in [0, 0.05) is 6.07 Å². The van der Waals surface area contributed by atoms with Crippen LogP contribution >= 0.6 is 11.6 Å². The van der Waals surface area contributed by atoms with Gasteiger partial charge in [0.2, 0.25) is 5.91 Å². The first-order valence-electron chi connectivity index (χ1n) is 7.04. The molecule has 0 aliphatic heterocycles. The Labute approximate surface area is 140 Å². The van der Waals surface area contributed by atoms with Crippen molar-refractivity contribution in [2.75, 3.05) is 5.32 Å². The van der Waals surface area contributed by atoms with Crippen molar-refractivity contribution in [1.29, 1.82) is 0 Å². The summed E-state index contributed by atoms with van der Waals surface area (Å²) in [5.41, 5.74) is -0.208. The van der Waals surface area contributed by atoms with E-state index in [1.807, 2.05) is 5.32 Å². The number of anilines is 1. The van der Waals surface area contributed by atoms with Gasteiger partial charge < -0.3 is 5.32 Å². The highest BCUT2D eigenvalue weighted by atomic mass is 35.5. The molecule has 9 heteroatoms. The standard InChI is InChI=1S/C15H14ClF4N3O/c1-4-10(23-7(3)11(16)6(2)22-23)15(24)21-14-12(19)8(17)5-9(18)13(14)20/h5,10H,4H2,1-3H3,(H,21,24). The molecule has 0 spiro atoms. The van der Waals surface area contributed by atoms with Crippen LogP contribution in [0.4, 0.5) is 23.2 Å². The Morgan fingerprint density at radius 1 is 1.25 bits per heavy atom. The van der Waals surface area contributed by atoms with Crippen LogP contribution in [0.25, 0.3) is 0 Å². The second kappa shape index (κ2) is 6.80. The first kappa shape index (κ1) is 18.3. The number of carbonyl (C=O) groups excluding carboxylic acids is 1. The average Bonchev–Trinajstić information content (AvgIpc) is 2.78. The molecule has 1 aromatic carbocycles. The number of nitrogens with zero attached hydrogens (tertiary/aromatic N) is 2. The minimum absolute atomic E-state index is 0.0679. The van der Waals surface area contributed by atoms with Gasteiger partial charge in [0.05, 0.1) is 16.4 Å². The van der Waals surface area contributed by atoms with Crippen molar-refractivity contribution in [3.63, 3.8) is 0 Å². The summed E-state index contributed by atoms with van der Waals surface area (Å²) in [6.07, 6.45) is 0.213. The van der Waals surface area contributed by atoms with Crippen molar-refractivity contribution in [3.8, 4) is 0 Å². The maximum absolute atomic E-state index is 13.7. The molecular weight excluding hydrogens is 350 g/mol. The molecule has 2 aromatic rings. The van der Waals surface area contributed by atoms with Crippen LogP contribution in [0.5, 0.6) is 0 Å². The summed E-state index contributed by atoms with van der Waals surface area (Å²) in [5.74, 6) is -7.44. The van der Waals surface area contributed by atoms with E-state index >= 15 is 0 Å². The maximum Gasteiger partial charge on any atom is 0.249 e. The molecule has 0 saturated carbocycles. The molecule has 1 amide bonds. The minimum Gasteiger partial charge on any atom is -0.319 e. The van der Waals surface area contributed by atoms with E-state index in [9.17, 15) is 22.4 Å². The van der Waals surface area contributed by atoms with E-state index in [1.165, 1.54) is 4.68 Å². The number of hydrogen-bond donors (Lipinski definition) is 1. The Bertz CT molecular complexity index is 780. The SMILES string of the molecule is CCC(C(=O)Nc1c(F)c(F)cc(F)c1F)n1nc(C)c(Cl)c1C. The molecule has 0 aliphatic rings. The number of carbonyl (C=O) groups is 1. The minimum atomic E-state index is -1.68. The Kier molecular flexibility index (Phi) is 5.17. The second-order valence-corrected chi connectivity index (χ2v) is 5.56. The lowest BCUT2D eigenvalue weighted by Crippen LogP contribution is -2.28. The van der Waals surface area contributed by atoms with E-state index in [4.69, 9.17) is 11.6 Å². The molecule has 1 atom stereocenters. The lowest BCUT2D eigenvalue weighted by molar-refractivity contribution is -0.119. The highest BCUT2D eigenvalue weighted by molar-refractivity contribution is 6.31. The Balaban J connectivity index is 2.40. The smallest absolute Gasteiger partial charge is 0.249 e. The summed E-state index contributed by atoms with van der Waals surface area (Å²) >= 11 is 6.02. The molecule has 130 valence electrons. The number of benzene rings is 1. The number of hydrogen-bond acceptors (Lipinski definition) is 2. The summed E-state index contributed by atoms with van der Waals surface area (Å²) in [6.45, 7) is 4.91. The van der Waals surface area contributed by atoms with Gasteiger partial charge in [0.25, 0.3) is 0 Å². The van der Waals surface area contributed by atoms with Gasteiger partial charge in [-0.15, -0.1) is 0 Å². The van der Waals surface area contributed by atoms with Gasteiger partial charge in [-0.1, -0.05) is 18.5 Å². The van der Waals surface area contributed by atoms with E-state index < -0.39 is 40.9 Å². The van der Waals surface area contributed by atoms with E-state index in [1.54, 1.807) is 20.8 Å². The molecule has 0 radical (unpaired) electrons. The van der Waals surface area contributed by atoms with Crippen molar-refractivity contribution in [1.82, 2.24) is 9.78 Å². The zero-order valence-corrected chi connectivity index (χ0v) is 13.8. The zero-order chi connectivity index (χ0) is 18.2. The van der Waals surface area contributed by atoms with E-state index in [2.05, 4.69) is 5.10 Å². The molecule has 1 heterocycles. The molecule has 4 nitrogen and oxygen atoms in total. The third-order valence-corrected chi connectivity index (χ3v) is 4.13. The van der Waals surface area contributed by atoms with Crippen LogP contribution < -0.4 is 5.32 Å². The number of rotatable bonds is 4. The van der Waals surface area contributed by atoms with Crippen LogP contribution in [-0.4, -0.2) is 15.7 Å². The third kappa shape index (κ3) is 3.10. The van der Waals surface area contributed by atoms with Gasteiger partial charge in [-0.3, -0.25) is 9.48 Å². The van der Waals surface area contributed by atoms with Crippen LogP contribution in [0, 0.1) is 37.1 Å². The normalized spacial score (nSPS) is 12.3. The van der Waals surface area contributed by atoms with Crippen LogP contribution in [0.1, 0.15) is 30.8 Å². The van der Waals surface area contributed by atoms with Crippen molar-refractivity contribution >= 4 is 23.2 Å². The molecule has 0 bridgehead atoms. The zero-order valence-electron chi connectivity index (χ0n) is 13.1. The predicted molar refractivity (Wildman–Crippen MR) is 80.9 cm³/mol. The summed E-state index contributed by atoms with van der Waals surface area (Å²) < 4.78 is 55.1. The van der Waals surface area contributed by atoms with Crippen molar-refractivity contribution < 1.29 is 22.4 Å². The maximum atomic E-state index is 13.7. The van der Waals surface area contributed by atoms with Crippen LogP contribution in [-0.2, 0) is 4.79 Å². The fourth-order valence-corrected chi connectivity index (χ4v) is 2.43. The van der Waals surface area contributed by atoms with Gasteiger partial charge >= 0.3 is 0 Å². The molecule has 2 rings (SSSR count). The fourth-order valence-electron chi connectivity index (χ4n) is 2.31. The molecule has 1 N–H and O–H groups in total. The number of aryl methyl sites for hydroxylation is 1. The Morgan fingerprint density at radius 2 is 1.79 bits per heavy atom. The van der Waals surface area contributed by atoms with Gasteiger partial charge in [-0.25, -0.2) is 17.6 Å². The van der Waals surface area contributed by atoms with E-state index in [-0.39, 0.29) is 12.5 Å². The number of halogens is 5. The lowest BCUT2D eigenvalue weighted by atomic mass is 10.2. The molecule has 1 aromatic heterocycles. The molecule has 0 fully saturated rings. The largest absolute Gasteiger partial charge is 0.319 e. The van der Waals surface area contributed by atoms with E-state index in [0.29, 0.717) is 16.4 Å². The molecule has 1 unspecified atom stereocenters. The number of aromatic nitrogens is 2. The number of nitrogens with one attached hydrogen (secondary N) is 1. The lowest BCUT2D eigenvalue weighted by Gasteiger charge is -2.18. The quantitative estimate of drug-likeness (QED) is 0.650. The summed E-state index contributed by atoms with van der Waals surface area (Å²) in [7, 11) is 0. The molecule has 0 aliphatic carbocycles. The summed E-state index contributed by atoms with van der Waals surface area (Å²) in [6, 6.07) is -0.889. The Morgan fingerprint density at radius 3 is 2.21 bits per heavy atom. The van der Waals surface area contributed by atoms with Gasteiger partial charge in [-0.2, -0.15) is 5.10 Å². The number of amides is 1. The molecule has 0 saturated heterocycles. The average molecular weight is 364 g/mol. The van der Waals surface area contributed by atoms with E-state index in [0.717, 1.165) is 0 Å². The van der Waals surface area contributed by atoms with Gasteiger partial charge in [-0.05, 0) is 20.3 Å². The van der Waals surface area contributed by atoms with Gasteiger partial charge in [0.15, 0.2) is 23.3 Å². The molecular formula is C15H14ClF4N3O. The van der Waals surface area contributed by atoms with Crippen molar-refractivity contribution in [2.24, 2.45) is 0 Å².